The number of aliphatic imine (C=N–C) groups is 1. The normalized spacial score (nSPS) is 20.7. The van der Waals surface area contributed by atoms with E-state index in [-0.39, 0.29) is 12.1 Å². The van der Waals surface area contributed by atoms with Crippen LogP contribution in [0.25, 0.3) is 0 Å². The molecule has 1 fully saturated rings. The molecule has 0 aliphatic heterocycles. The molecule has 1 unspecified atom stereocenters. The minimum atomic E-state index is -0.0182. The van der Waals surface area contributed by atoms with Crippen LogP contribution in [0.5, 0.6) is 11.6 Å². The lowest BCUT2D eigenvalue weighted by Gasteiger charge is -2.26. The number of aryl methyl sites for hydroxylation is 1. The summed E-state index contributed by atoms with van der Waals surface area (Å²) in [6.45, 7) is 2.11. The number of nitrogens with one attached hydrogen (secondary N) is 1. The first-order chi connectivity index (χ1) is 12.7. The van der Waals surface area contributed by atoms with Gasteiger partial charge in [0.25, 0.3) is 0 Å². The molecule has 2 atom stereocenters. The molecule has 0 amide bonds. The van der Waals surface area contributed by atoms with Crippen molar-refractivity contribution in [2.24, 2.45) is 10.7 Å². The van der Waals surface area contributed by atoms with Gasteiger partial charge < -0.3 is 10.5 Å². The number of pyridine rings is 1. The number of hydroxylamine groups is 1. The van der Waals surface area contributed by atoms with E-state index in [4.69, 9.17) is 10.5 Å². The highest BCUT2D eigenvalue weighted by atomic mass is 16.5. The molecule has 26 heavy (non-hydrogen) atoms. The zero-order chi connectivity index (χ0) is 18.4. The molecule has 1 heterocycles. The van der Waals surface area contributed by atoms with E-state index in [1.54, 1.807) is 12.3 Å². The van der Waals surface area contributed by atoms with Gasteiger partial charge in [0.1, 0.15) is 5.75 Å². The molecule has 1 aromatic heterocycles. The van der Waals surface area contributed by atoms with Gasteiger partial charge in [-0.1, -0.05) is 31.9 Å². The molecular weight excluding hydrogens is 328 g/mol. The van der Waals surface area contributed by atoms with Crippen molar-refractivity contribution in [2.75, 3.05) is 0 Å². The number of ether oxygens (including phenoxy) is 1. The van der Waals surface area contributed by atoms with Crippen molar-refractivity contribution < 1.29 is 9.94 Å². The van der Waals surface area contributed by atoms with Gasteiger partial charge in [0.2, 0.25) is 5.88 Å². The summed E-state index contributed by atoms with van der Waals surface area (Å²) >= 11 is 0. The van der Waals surface area contributed by atoms with E-state index in [0.717, 1.165) is 32.1 Å². The Hall–Kier alpha value is -2.44. The highest BCUT2D eigenvalue weighted by Gasteiger charge is 2.23. The standard InChI is InChI=1S/C20H26N4O2/c1-2-14-9-11-15(12-10-14)26-20-16(6-5-13-22-20)19(24-25)23-18-8-4-3-7-17(18)21/h5-6,9-13,17-18,25H,2-4,7-8,21H2,1H3,(H,23,24)/t17-,18?/m0/s1. The Kier molecular flexibility index (Phi) is 6.20. The zero-order valence-corrected chi connectivity index (χ0v) is 15.1. The van der Waals surface area contributed by atoms with Crippen LogP contribution in [0.2, 0.25) is 0 Å². The number of amidine groups is 1. The summed E-state index contributed by atoms with van der Waals surface area (Å²) in [5.41, 5.74) is 10.2. The fourth-order valence-corrected chi connectivity index (χ4v) is 3.18. The topological polar surface area (TPSA) is 92.8 Å². The smallest absolute Gasteiger partial charge is 0.230 e. The summed E-state index contributed by atoms with van der Waals surface area (Å²) in [4.78, 5) is 8.96. The Morgan fingerprint density at radius 3 is 2.73 bits per heavy atom. The van der Waals surface area contributed by atoms with Crippen molar-refractivity contribution in [3.63, 3.8) is 0 Å². The van der Waals surface area contributed by atoms with Gasteiger partial charge in [-0.05, 0) is 49.1 Å². The van der Waals surface area contributed by atoms with E-state index in [2.05, 4.69) is 22.4 Å². The maximum Gasteiger partial charge on any atom is 0.230 e. The third-order valence-electron chi connectivity index (χ3n) is 4.75. The lowest BCUT2D eigenvalue weighted by atomic mass is 9.91. The molecule has 1 aliphatic rings. The monoisotopic (exact) mass is 354 g/mol. The fourth-order valence-electron chi connectivity index (χ4n) is 3.18. The summed E-state index contributed by atoms with van der Waals surface area (Å²) in [5.74, 6) is 1.41. The summed E-state index contributed by atoms with van der Waals surface area (Å²) in [7, 11) is 0. The molecule has 4 N–H and O–H groups in total. The Bertz CT molecular complexity index is 746. The molecule has 0 bridgehead atoms. The van der Waals surface area contributed by atoms with Crippen LogP contribution >= 0.6 is 0 Å². The van der Waals surface area contributed by atoms with E-state index >= 15 is 0 Å². The minimum Gasteiger partial charge on any atom is -0.438 e. The van der Waals surface area contributed by atoms with Crippen LogP contribution in [0, 0.1) is 0 Å². The highest BCUT2D eigenvalue weighted by Crippen LogP contribution is 2.25. The van der Waals surface area contributed by atoms with E-state index in [0.29, 0.717) is 23.0 Å². The second kappa shape index (κ2) is 8.78. The second-order valence-electron chi connectivity index (χ2n) is 6.56. The Morgan fingerprint density at radius 1 is 1.27 bits per heavy atom. The van der Waals surface area contributed by atoms with E-state index < -0.39 is 0 Å². The van der Waals surface area contributed by atoms with E-state index in [1.807, 2.05) is 30.3 Å². The van der Waals surface area contributed by atoms with Crippen LogP contribution in [0.3, 0.4) is 0 Å². The van der Waals surface area contributed by atoms with E-state index in [1.165, 1.54) is 5.56 Å². The van der Waals surface area contributed by atoms with Crippen LogP contribution < -0.4 is 16.0 Å². The summed E-state index contributed by atoms with van der Waals surface area (Å²) in [6, 6.07) is 11.5. The number of benzene rings is 1. The van der Waals surface area contributed by atoms with Gasteiger partial charge in [0, 0.05) is 12.2 Å². The molecular formula is C20H26N4O2. The summed E-state index contributed by atoms with van der Waals surface area (Å²) < 4.78 is 5.93. The first-order valence-corrected chi connectivity index (χ1v) is 9.17. The molecule has 2 aromatic rings. The van der Waals surface area contributed by atoms with Gasteiger partial charge in [0.15, 0.2) is 5.84 Å². The van der Waals surface area contributed by atoms with Crippen LogP contribution in [-0.2, 0) is 6.42 Å². The Labute approximate surface area is 154 Å². The quantitative estimate of drug-likeness (QED) is 0.434. The van der Waals surface area contributed by atoms with Gasteiger partial charge in [-0.25, -0.2) is 4.98 Å². The van der Waals surface area contributed by atoms with Crippen molar-refractivity contribution in [3.05, 3.63) is 53.7 Å². The summed E-state index contributed by atoms with van der Waals surface area (Å²) in [6.07, 6.45) is 6.72. The molecule has 0 spiro atoms. The Morgan fingerprint density at radius 2 is 2.04 bits per heavy atom. The maximum absolute atomic E-state index is 9.65. The van der Waals surface area contributed by atoms with Crippen LogP contribution in [0.1, 0.15) is 43.7 Å². The number of nitrogens with zero attached hydrogens (tertiary/aromatic N) is 2. The largest absolute Gasteiger partial charge is 0.438 e. The summed E-state index contributed by atoms with van der Waals surface area (Å²) in [5, 5.41) is 9.65. The second-order valence-corrected chi connectivity index (χ2v) is 6.56. The van der Waals surface area contributed by atoms with Gasteiger partial charge in [-0.2, -0.15) is 0 Å². The number of aromatic nitrogens is 1. The molecule has 1 aromatic carbocycles. The van der Waals surface area contributed by atoms with Gasteiger partial charge in [-0.15, -0.1) is 0 Å². The molecule has 1 aliphatic carbocycles. The predicted octanol–water partition coefficient (Wildman–Crippen LogP) is 3.43. The highest BCUT2D eigenvalue weighted by molar-refractivity contribution is 6.00. The average Bonchev–Trinajstić information content (AvgIpc) is 2.69. The van der Waals surface area contributed by atoms with Crippen molar-refractivity contribution in [1.29, 1.82) is 0 Å². The van der Waals surface area contributed by atoms with Gasteiger partial charge in [-0.3, -0.25) is 15.7 Å². The third-order valence-corrected chi connectivity index (χ3v) is 4.75. The molecule has 6 heteroatoms. The first-order valence-electron chi connectivity index (χ1n) is 9.17. The lowest BCUT2D eigenvalue weighted by Crippen LogP contribution is -2.38. The van der Waals surface area contributed by atoms with Crippen LogP contribution in [0.4, 0.5) is 0 Å². The molecule has 1 saturated carbocycles. The number of hydrogen-bond acceptors (Lipinski definition) is 5. The van der Waals surface area contributed by atoms with Gasteiger partial charge >= 0.3 is 0 Å². The van der Waals surface area contributed by atoms with Crippen LogP contribution in [-0.4, -0.2) is 28.1 Å². The molecule has 0 radical (unpaired) electrons. The van der Waals surface area contributed by atoms with Crippen molar-refractivity contribution in [3.8, 4) is 11.6 Å². The lowest BCUT2D eigenvalue weighted by molar-refractivity contribution is 0.233. The molecule has 0 saturated heterocycles. The average molecular weight is 354 g/mol. The maximum atomic E-state index is 9.65. The predicted molar refractivity (Wildman–Crippen MR) is 102 cm³/mol. The van der Waals surface area contributed by atoms with Crippen molar-refractivity contribution >= 4 is 5.84 Å². The SMILES string of the molecule is CCc1ccc(Oc2ncccc2C(=NC2CCCC[C@@H]2N)NO)cc1. The molecule has 3 rings (SSSR count). The van der Waals surface area contributed by atoms with Crippen molar-refractivity contribution in [1.82, 2.24) is 10.5 Å². The third kappa shape index (κ3) is 4.39. The first kappa shape index (κ1) is 18.4. The fraction of sp³-hybridized carbons (Fsp3) is 0.400. The van der Waals surface area contributed by atoms with Crippen LogP contribution in [0.15, 0.2) is 47.6 Å². The zero-order valence-electron chi connectivity index (χ0n) is 15.1. The van der Waals surface area contributed by atoms with Crippen molar-refractivity contribution in [2.45, 2.75) is 51.1 Å². The molecule has 138 valence electrons. The van der Waals surface area contributed by atoms with E-state index in [9.17, 15) is 5.21 Å². The Balaban J connectivity index is 1.86. The number of rotatable bonds is 5. The number of hydrogen-bond donors (Lipinski definition) is 3. The van der Waals surface area contributed by atoms with Gasteiger partial charge in [0.05, 0.1) is 11.6 Å². The molecule has 6 nitrogen and oxygen atoms in total. The minimum absolute atomic E-state index is 0.00901. The number of nitrogens with two attached hydrogens (primary N) is 1.